The van der Waals surface area contributed by atoms with Crippen molar-refractivity contribution in [2.24, 2.45) is 0 Å². The molecule has 0 aliphatic heterocycles. The summed E-state index contributed by atoms with van der Waals surface area (Å²) in [6.45, 7) is 5.84. The van der Waals surface area contributed by atoms with Crippen LogP contribution in [0.5, 0.6) is 11.5 Å². The quantitative estimate of drug-likeness (QED) is 0.620. The van der Waals surface area contributed by atoms with Gasteiger partial charge in [-0.2, -0.15) is 5.10 Å². The lowest BCUT2D eigenvalue weighted by molar-refractivity contribution is -0.119. The minimum atomic E-state index is -0.769. The summed E-state index contributed by atoms with van der Waals surface area (Å²) in [6, 6.07) is 13.5. The van der Waals surface area contributed by atoms with E-state index < -0.39 is 6.04 Å². The van der Waals surface area contributed by atoms with Crippen molar-refractivity contribution in [2.75, 3.05) is 19.5 Å². The van der Waals surface area contributed by atoms with Crippen LogP contribution in [0.15, 0.2) is 53.3 Å². The molecule has 0 bridgehead atoms. The molecule has 2 aromatic carbocycles. The third-order valence-electron chi connectivity index (χ3n) is 5.10. The van der Waals surface area contributed by atoms with Crippen LogP contribution >= 0.6 is 0 Å². The van der Waals surface area contributed by atoms with Crippen LogP contribution in [0.1, 0.15) is 30.5 Å². The van der Waals surface area contributed by atoms with E-state index in [0.717, 1.165) is 16.7 Å². The highest BCUT2D eigenvalue weighted by molar-refractivity contribution is 5.94. The van der Waals surface area contributed by atoms with E-state index in [1.807, 2.05) is 39.0 Å². The van der Waals surface area contributed by atoms with Gasteiger partial charge >= 0.3 is 0 Å². The van der Waals surface area contributed by atoms with Gasteiger partial charge < -0.3 is 14.8 Å². The average molecular weight is 421 g/mol. The van der Waals surface area contributed by atoms with Gasteiger partial charge in [0.15, 0.2) is 0 Å². The summed E-state index contributed by atoms with van der Waals surface area (Å²) in [5.41, 5.74) is 3.90. The highest BCUT2D eigenvalue weighted by Crippen LogP contribution is 2.27. The van der Waals surface area contributed by atoms with Gasteiger partial charge in [-0.3, -0.25) is 9.59 Å². The van der Waals surface area contributed by atoms with Crippen LogP contribution < -0.4 is 20.3 Å². The van der Waals surface area contributed by atoms with Gasteiger partial charge in [0.25, 0.3) is 5.56 Å². The van der Waals surface area contributed by atoms with Crippen LogP contribution in [0.2, 0.25) is 0 Å². The Kier molecular flexibility index (Phi) is 6.74. The van der Waals surface area contributed by atoms with Gasteiger partial charge in [0.2, 0.25) is 5.91 Å². The number of aromatic nitrogens is 2. The van der Waals surface area contributed by atoms with Crippen molar-refractivity contribution in [3.05, 3.63) is 70.0 Å². The van der Waals surface area contributed by atoms with Crippen molar-refractivity contribution < 1.29 is 14.3 Å². The molecule has 0 spiro atoms. The van der Waals surface area contributed by atoms with Crippen LogP contribution in [0.25, 0.3) is 11.3 Å². The van der Waals surface area contributed by atoms with Crippen molar-refractivity contribution in [3.8, 4) is 22.8 Å². The smallest absolute Gasteiger partial charge is 0.267 e. The van der Waals surface area contributed by atoms with E-state index in [9.17, 15) is 9.59 Å². The molecule has 0 unspecified atom stereocenters. The number of carbonyl (C=O) groups excluding carboxylic acids is 1. The molecular weight excluding hydrogens is 394 g/mol. The number of benzene rings is 2. The second kappa shape index (κ2) is 9.47. The number of hydrogen-bond donors (Lipinski definition) is 1. The van der Waals surface area contributed by atoms with E-state index in [4.69, 9.17) is 9.47 Å². The Morgan fingerprint density at radius 2 is 1.71 bits per heavy atom. The van der Waals surface area contributed by atoms with Gasteiger partial charge in [0.05, 0.1) is 19.9 Å². The molecule has 0 aliphatic rings. The molecule has 1 N–H and O–H groups in total. The van der Waals surface area contributed by atoms with Crippen molar-refractivity contribution in [3.63, 3.8) is 0 Å². The molecule has 1 atom stereocenters. The molecule has 0 saturated carbocycles. The fraction of sp³-hybridized carbons (Fsp3) is 0.292. The van der Waals surface area contributed by atoms with Gasteiger partial charge in [-0.1, -0.05) is 24.6 Å². The largest absolute Gasteiger partial charge is 0.497 e. The fourth-order valence-electron chi connectivity index (χ4n) is 3.38. The minimum absolute atomic E-state index is 0.334. The number of rotatable bonds is 7. The second-order valence-corrected chi connectivity index (χ2v) is 7.33. The zero-order valence-electron chi connectivity index (χ0n) is 18.4. The van der Waals surface area contributed by atoms with Crippen LogP contribution in [-0.2, 0) is 4.79 Å². The Bertz CT molecular complexity index is 1130. The van der Waals surface area contributed by atoms with Crippen LogP contribution in [-0.4, -0.2) is 29.9 Å². The molecule has 1 amide bonds. The van der Waals surface area contributed by atoms with E-state index in [0.29, 0.717) is 29.3 Å². The minimum Gasteiger partial charge on any atom is -0.497 e. The number of ether oxygens (including phenoxy) is 2. The Hall–Kier alpha value is -3.61. The van der Waals surface area contributed by atoms with E-state index >= 15 is 0 Å². The van der Waals surface area contributed by atoms with Crippen LogP contribution in [0, 0.1) is 13.8 Å². The number of amides is 1. The maximum absolute atomic E-state index is 13.1. The highest BCUT2D eigenvalue weighted by atomic mass is 16.5. The van der Waals surface area contributed by atoms with E-state index in [1.54, 1.807) is 24.3 Å². The van der Waals surface area contributed by atoms with E-state index in [-0.39, 0.29) is 11.5 Å². The second-order valence-electron chi connectivity index (χ2n) is 7.33. The number of methoxy groups -OCH3 is 2. The summed E-state index contributed by atoms with van der Waals surface area (Å²) in [5, 5.41) is 7.39. The van der Waals surface area contributed by atoms with Gasteiger partial charge in [-0.25, -0.2) is 4.68 Å². The monoisotopic (exact) mass is 421 g/mol. The molecule has 0 saturated heterocycles. The number of anilines is 1. The van der Waals surface area contributed by atoms with Gasteiger partial charge in [-0.05, 0) is 38.0 Å². The molecule has 1 heterocycles. The van der Waals surface area contributed by atoms with E-state index in [1.165, 1.54) is 25.0 Å². The number of aryl methyl sites for hydroxylation is 2. The third-order valence-corrected chi connectivity index (χ3v) is 5.10. The lowest BCUT2D eigenvalue weighted by atomic mass is 10.0. The summed E-state index contributed by atoms with van der Waals surface area (Å²) in [4.78, 5) is 25.7. The fourth-order valence-corrected chi connectivity index (χ4v) is 3.38. The molecule has 0 fully saturated rings. The molecule has 31 heavy (non-hydrogen) atoms. The summed E-state index contributed by atoms with van der Waals surface area (Å²) in [5.74, 6) is 0.760. The molecule has 7 nitrogen and oxygen atoms in total. The summed E-state index contributed by atoms with van der Waals surface area (Å²) >= 11 is 0. The Balaban J connectivity index is 1.96. The number of carbonyl (C=O) groups is 1. The number of nitrogens with zero attached hydrogens (tertiary/aromatic N) is 2. The highest BCUT2D eigenvalue weighted by Gasteiger charge is 2.22. The summed E-state index contributed by atoms with van der Waals surface area (Å²) in [7, 11) is 3.08. The normalized spacial score (nSPS) is 11.6. The van der Waals surface area contributed by atoms with Gasteiger partial charge in [0.1, 0.15) is 17.5 Å². The zero-order valence-corrected chi connectivity index (χ0v) is 18.4. The predicted molar refractivity (Wildman–Crippen MR) is 121 cm³/mol. The summed E-state index contributed by atoms with van der Waals surface area (Å²) < 4.78 is 11.8. The Morgan fingerprint density at radius 3 is 2.32 bits per heavy atom. The van der Waals surface area contributed by atoms with Crippen molar-refractivity contribution in [1.29, 1.82) is 0 Å². The Morgan fingerprint density at radius 1 is 1.03 bits per heavy atom. The number of nitrogens with one attached hydrogen (secondary N) is 1. The molecule has 162 valence electrons. The molecule has 3 rings (SSSR count). The Labute approximate surface area is 181 Å². The standard InChI is InChI=1S/C24H27N3O4/c1-6-22(24(29)25-17-12-18(30-4)14-19(13-17)31-5)27-23(28)10-9-21(26-27)20-11-15(2)7-8-16(20)3/h7-14,22H,6H2,1-5H3,(H,25,29)/t22-/m0/s1. The van der Waals surface area contributed by atoms with Gasteiger partial charge in [-0.15, -0.1) is 0 Å². The SMILES string of the molecule is CC[C@@H](C(=O)Nc1cc(OC)cc(OC)c1)n1nc(-c2cc(C)ccc2C)ccc1=O. The topological polar surface area (TPSA) is 82.4 Å². The molecule has 0 aliphatic carbocycles. The maximum Gasteiger partial charge on any atom is 0.267 e. The molecule has 7 heteroatoms. The first kappa shape index (κ1) is 22.1. The maximum atomic E-state index is 13.1. The van der Waals surface area contributed by atoms with Crippen LogP contribution in [0.4, 0.5) is 5.69 Å². The lowest BCUT2D eigenvalue weighted by Gasteiger charge is -2.18. The molecule has 1 aromatic heterocycles. The summed E-state index contributed by atoms with van der Waals surface area (Å²) in [6.07, 6.45) is 0.399. The molecule has 0 radical (unpaired) electrons. The van der Waals surface area contributed by atoms with Crippen molar-refractivity contribution >= 4 is 11.6 Å². The third kappa shape index (κ3) is 4.94. The zero-order chi connectivity index (χ0) is 22.5. The van der Waals surface area contributed by atoms with Crippen molar-refractivity contribution in [1.82, 2.24) is 9.78 Å². The van der Waals surface area contributed by atoms with Crippen LogP contribution in [0.3, 0.4) is 0 Å². The first-order chi connectivity index (χ1) is 14.9. The van der Waals surface area contributed by atoms with Crippen molar-refractivity contribution in [2.45, 2.75) is 33.2 Å². The first-order valence-electron chi connectivity index (χ1n) is 10.1. The molecular formula is C24H27N3O4. The number of hydrogen-bond acceptors (Lipinski definition) is 5. The predicted octanol–water partition coefficient (Wildman–Crippen LogP) is 4.13. The van der Waals surface area contributed by atoms with E-state index in [2.05, 4.69) is 10.4 Å². The van der Waals surface area contributed by atoms with Gasteiger partial charge in [0, 0.05) is 35.5 Å². The molecule has 3 aromatic rings. The lowest BCUT2D eigenvalue weighted by Crippen LogP contribution is -2.34. The first-order valence-corrected chi connectivity index (χ1v) is 10.1. The average Bonchev–Trinajstić information content (AvgIpc) is 2.76.